The monoisotopic (exact) mass is 159 g/mol. The lowest BCUT2D eigenvalue weighted by Gasteiger charge is -2.00. The number of hydrogen-bond acceptors (Lipinski definition) is 3. The first-order chi connectivity index (χ1) is 5.24. The van der Waals surface area contributed by atoms with Crippen molar-refractivity contribution in [3.8, 4) is 11.5 Å². The van der Waals surface area contributed by atoms with E-state index in [1.165, 1.54) is 12.1 Å². The molecule has 0 heterocycles. The number of phenolic OH excluding ortho intramolecular Hbond substituents is 2. The second-order valence-electron chi connectivity index (χ2n) is 2.36. The van der Waals surface area contributed by atoms with Crippen LogP contribution in [-0.2, 0) is 6.42 Å². The maximum atomic E-state index is 9.04. The van der Waals surface area contributed by atoms with Crippen molar-refractivity contribution in [3.05, 3.63) is 23.8 Å². The zero-order valence-corrected chi connectivity index (χ0v) is 6.12. The summed E-state index contributed by atoms with van der Waals surface area (Å²) in [7, 11) is 0. The first kappa shape index (κ1) is 7.88. The van der Waals surface area contributed by atoms with E-state index in [0.29, 0.717) is 13.0 Å². The highest BCUT2D eigenvalue weighted by molar-refractivity contribution is 5.40. The van der Waals surface area contributed by atoms with E-state index < -0.39 is 0 Å². The van der Waals surface area contributed by atoms with Gasteiger partial charge in [-0.15, -0.1) is 0 Å². The molecule has 1 aromatic rings. The van der Waals surface area contributed by atoms with Crippen LogP contribution >= 0.6 is 0 Å². The summed E-state index contributed by atoms with van der Waals surface area (Å²) in [6.45, 7) is 0.546. The maximum Gasteiger partial charge on any atom is 0.157 e. The van der Waals surface area contributed by atoms with Gasteiger partial charge in [0.25, 0.3) is 0 Å². The van der Waals surface area contributed by atoms with Crippen molar-refractivity contribution in [2.75, 3.05) is 6.54 Å². The minimum Gasteiger partial charge on any atom is -0.504 e. The highest BCUT2D eigenvalue weighted by Crippen LogP contribution is 2.24. The molecular formula is C8H11NO2. The number of nitrogens with two attached hydrogens (primary N) is 1. The summed E-state index contributed by atoms with van der Waals surface area (Å²) in [6.07, 6.45) is 0.716. The van der Waals surface area contributed by atoms with E-state index in [1.54, 1.807) is 6.07 Å². The van der Waals surface area contributed by atoms with Crippen LogP contribution in [0.15, 0.2) is 18.2 Å². The molecule has 3 heteroatoms. The molecular weight excluding hydrogens is 148 g/mol. The van der Waals surface area contributed by atoms with Crippen molar-refractivity contribution >= 4 is 0 Å². The number of phenols is 2. The fraction of sp³-hybridized carbons (Fsp3) is 0.250. The minimum atomic E-state index is -0.0919. The van der Waals surface area contributed by atoms with E-state index in [1.807, 2.05) is 0 Å². The van der Waals surface area contributed by atoms with Crippen molar-refractivity contribution in [2.24, 2.45) is 5.73 Å². The third-order valence-corrected chi connectivity index (χ3v) is 1.47. The van der Waals surface area contributed by atoms with E-state index in [-0.39, 0.29) is 11.5 Å². The first-order valence-electron chi connectivity index (χ1n) is 3.45. The van der Waals surface area contributed by atoms with Gasteiger partial charge in [-0.05, 0) is 30.7 Å². The number of benzene rings is 1. The molecule has 0 unspecified atom stereocenters. The van der Waals surface area contributed by atoms with Gasteiger partial charge in [0.05, 0.1) is 0 Å². The van der Waals surface area contributed by atoms with Gasteiger partial charge in [0.2, 0.25) is 0 Å². The average molecular weight is 159 g/mol. The average Bonchev–Trinajstić information content (AvgIpc) is 1.98. The zero-order chi connectivity index (χ0) is 8.27. The summed E-state index contributed by atoms with van der Waals surface area (Å²) < 4.78 is 0. The molecule has 4 N–H and O–H groups in total. The SMILES string of the molecule is NCC[13c]1[13cH][13cH][13c](O)[13c](O)[13cH]1. The Labute approximate surface area is 65.1 Å². The number of rotatable bonds is 2. The molecule has 0 aliphatic carbocycles. The van der Waals surface area contributed by atoms with E-state index >= 15 is 0 Å². The summed E-state index contributed by atoms with van der Waals surface area (Å²) in [6, 6.07) is 4.71. The normalized spacial score (nSPS) is 9.91. The molecule has 0 aromatic heterocycles. The second kappa shape index (κ2) is 3.25. The predicted octanol–water partition coefficient (Wildman–Crippen LogP) is 0.599. The molecule has 0 fully saturated rings. The predicted molar refractivity (Wildman–Crippen MR) is 42.5 cm³/mol. The third kappa shape index (κ3) is 1.85. The van der Waals surface area contributed by atoms with Crippen LogP contribution in [0.1, 0.15) is 5.56 Å². The third-order valence-electron chi connectivity index (χ3n) is 1.47. The molecule has 11 heavy (non-hydrogen) atoms. The molecule has 60 valence electrons. The standard InChI is InChI=1S/C8H11NO2/c9-4-3-6-1-2-7(10)8(11)5-6/h1-2,5,10-11H,3-4,9H2/i1+1,2+1,5+1,6+1,7+1,8+1. The van der Waals surface area contributed by atoms with Crippen molar-refractivity contribution < 1.29 is 10.2 Å². The first-order valence-corrected chi connectivity index (χ1v) is 3.45. The quantitative estimate of drug-likeness (QED) is 0.553. The van der Waals surface area contributed by atoms with Crippen LogP contribution in [0.3, 0.4) is 0 Å². The molecule has 0 aliphatic heterocycles. The smallest absolute Gasteiger partial charge is 0.157 e. The van der Waals surface area contributed by atoms with Gasteiger partial charge in [-0.3, -0.25) is 0 Å². The van der Waals surface area contributed by atoms with Gasteiger partial charge in [0, 0.05) is 0 Å². The molecule has 1 rings (SSSR count). The molecule has 0 saturated heterocycles. The molecule has 0 aliphatic rings. The maximum absolute atomic E-state index is 9.04. The Kier molecular flexibility index (Phi) is 2.33. The van der Waals surface area contributed by atoms with Gasteiger partial charge >= 0.3 is 0 Å². The van der Waals surface area contributed by atoms with Gasteiger partial charge in [0.1, 0.15) is 0 Å². The van der Waals surface area contributed by atoms with Crippen molar-refractivity contribution in [1.29, 1.82) is 0 Å². The van der Waals surface area contributed by atoms with Gasteiger partial charge in [-0.2, -0.15) is 0 Å². The summed E-state index contributed by atoms with van der Waals surface area (Å²) in [5, 5.41) is 18.0. The Morgan fingerprint density at radius 1 is 1.18 bits per heavy atom. The molecule has 0 bridgehead atoms. The molecule has 1 aromatic carbocycles. The lowest BCUT2D eigenvalue weighted by Crippen LogP contribution is -2.02. The van der Waals surface area contributed by atoms with E-state index in [2.05, 4.69) is 0 Å². The van der Waals surface area contributed by atoms with Gasteiger partial charge < -0.3 is 15.9 Å². The molecule has 0 radical (unpaired) electrons. The molecule has 0 amide bonds. The Morgan fingerprint density at radius 3 is 2.45 bits per heavy atom. The molecule has 0 saturated carbocycles. The van der Waals surface area contributed by atoms with E-state index in [9.17, 15) is 0 Å². The van der Waals surface area contributed by atoms with Crippen LogP contribution in [0, 0.1) is 0 Å². The Morgan fingerprint density at radius 2 is 1.91 bits per heavy atom. The van der Waals surface area contributed by atoms with Gasteiger partial charge in [0.15, 0.2) is 11.5 Å². The topological polar surface area (TPSA) is 66.5 Å². The van der Waals surface area contributed by atoms with Crippen LogP contribution in [0.4, 0.5) is 0 Å². The lowest BCUT2D eigenvalue weighted by atomic mass is 10.6. The van der Waals surface area contributed by atoms with E-state index in [4.69, 9.17) is 15.9 Å². The zero-order valence-electron chi connectivity index (χ0n) is 6.12. The largest absolute Gasteiger partial charge is 0.504 e. The van der Waals surface area contributed by atoms with Crippen LogP contribution in [0.5, 0.6) is 11.5 Å². The summed E-state index contributed by atoms with van der Waals surface area (Å²) >= 11 is 0. The van der Waals surface area contributed by atoms with Crippen LogP contribution in [0.2, 0.25) is 0 Å². The highest BCUT2D eigenvalue weighted by atomic mass is 16.4. The van der Waals surface area contributed by atoms with Crippen LogP contribution in [-0.4, -0.2) is 16.8 Å². The van der Waals surface area contributed by atoms with Gasteiger partial charge in [-0.25, -0.2) is 0 Å². The minimum absolute atomic E-state index is 0.0871. The van der Waals surface area contributed by atoms with E-state index in [0.717, 1.165) is 5.56 Å². The number of aromatic hydroxyl groups is 2. The van der Waals surface area contributed by atoms with Crippen LogP contribution < -0.4 is 5.73 Å². The summed E-state index contributed by atoms with van der Waals surface area (Å²) in [4.78, 5) is 0. The van der Waals surface area contributed by atoms with Crippen LogP contribution in [0.25, 0.3) is 0 Å². The van der Waals surface area contributed by atoms with Crippen molar-refractivity contribution in [2.45, 2.75) is 6.42 Å². The Bertz CT molecular complexity index is 248. The molecule has 3 nitrogen and oxygen atoms in total. The summed E-state index contributed by atoms with van der Waals surface area (Å²) in [5.74, 6) is -0.179. The fourth-order valence-electron chi connectivity index (χ4n) is 0.891. The van der Waals surface area contributed by atoms with Crippen molar-refractivity contribution in [3.63, 3.8) is 0 Å². The highest BCUT2D eigenvalue weighted by Gasteiger charge is 1.98. The fourth-order valence-corrected chi connectivity index (χ4v) is 0.891. The molecule has 0 atom stereocenters. The lowest BCUT2D eigenvalue weighted by molar-refractivity contribution is 0.403. The van der Waals surface area contributed by atoms with Crippen molar-refractivity contribution in [1.82, 2.24) is 0 Å². The van der Waals surface area contributed by atoms with Gasteiger partial charge in [-0.1, -0.05) is 6.07 Å². The number of hydrogen-bond donors (Lipinski definition) is 3. The Hall–Kier alpha value is -1.22. The summed E-state index contributed by atoms with van der Waals surface area (Å²) in [5.41, 5.74) is 6.24. The second-order valence-corrected chi connectivity index (χ2v) is 2.36. The Balaban J connectivity index is 2.86. The molecule has 0 spiro atoms.